The summed E-state index contributed by atoms with van der Waals surface area (Å²) in [7, 11) is 2.01. The Hall–Kier alpha value is -3.18. The van der Waals surface area contributed by atoms with Crippen LogP contribution < -0.4 is 9.54 Å². The molecule has 0 atom stereocenters. The van der Waals surface area contributed by atoms with Gasteiger partial charge in [-0.25, -0.2) is 0 Å². The molecule has 3 aromatic carbocycles. The average Bonchev–Trinajstić information content (AvgIpc) is 3.04. The minimum Gasteiger partial charge on any atom is -0.489 e. The molecule has 0 unspecified atom stereocenters. The van der Waals surface area contributed by atoms with E-state index < -0.39 is 0 Å². The van der Waals surface area contributed by atoms with E-state index in [9.17, 15) is 0 Å². The van der Waals surface area contributed by atoms with Gasteiger partial charge >= 0.3 is 0 Å². The molecule has 0 bridgehead atoms. The highest BCUT2D eigenvalue weighted by Gasteiger charge is 2.00. The monoisotopic (exact) mass is 373 g/mol. The summed E-state index contributed by atoms with van der Waals surface area (Å²) in [6, 6.07) is 26.2. The molecule has 134 valence electrons. The van der Waals surface area contributed by atoms with Gasteiger partial charge in [0.15, 0.2) is 0 Å². The molecule has 0 saturated carbocycles. The minimum absolute atomic E-state index is 0.562. The fourth-order valence-electron chi connectivity index (χ4n) is 2.71. The molecule has 0 saturated heterocycles. The maximum absolute atomic E-state index is 5.80. The molecule has 4 nitrogen and oxygen atoms in total. The van der Waals surface area contributed by atoms with Gasteiger partial charge in [0.05, 0.1) is 16.4 Å². The van der Waals surface area contributed by atoms with E-state index in [4.69, 9.17) is 4.74 Å². The van der Waals surface area contributed by atoms with Crippen LogP contribution in [0.15, 0.2) is 89.1 Å². The van der Waals surface area contributed by atoms with Crippen LogP contribution in [0.4, 0.5) is 0 Å². The van der Waals surface area contributed by atoms with Gasteiger partial charge in [-0.3, -0.25) is 0 Å². The number of para-hydroxylation sites is 1. The van der Waals surface area contributed by atoms with Gasteiger partial charge in [-0.05, 0) is 47.5 Å². The molecular formula is C22H19N3OS. The Balaban J connectivity index is 1.44. The van der Waals surface area contributed by atoms with Crippen molar-refractivity contribution in [2.45, 2.75) is 6.61 Å². The van der Waals surface area contributed by atoms with Gasteiger partial charge in [-0.1, -0.05) is 53.8 Å². The molecule has 0 amide bonds. The van der Waals surface area contributed by atoms with Crippen molar-refractivity contribution in [2.75, 3.05) is 0 Å². The van der Waals surface area contributed by atoms with E-state index in [0.29, 0.717) is 6.61 Å². The third-order valence-electron chi connectivity index (χ3n) is 4.19. The lowest BCUT2D eigenvalue weighted by Crippen LogP contribution is -2.08. The number of ether oxygens (including phenoxy) is 1. The number of rotatable bonds is 5. The lowest BCUT2D eigenvalue weighted by atomic mass is 10.2. The first-order chi connectivity index (χ1) is 13.3. The van der Waals surface area contributed by atoms with E-state index >= 15 is 0 Å². The summed E-state index contributed by atoms with van der Waals surface area (Å²) in [5, 5.41) is 8.60. The predicted octanol–water partition coefficient (Wildman–Crippen LogP) is 4.75. The van der Waals surface area contributed by atoms with Crippen LogP contribution >= 0.6 is 11.3 Å². The Bertz CT molecular complexity index is 1130. The van der Waals surface area contributed by atoms with Crippen LogP contribution in [-0.4, -0.2) is 10.8 Å². The lowest BCUT2D eigenvalue weighted by molar-refractivity contribution is 0.306. The number of benzene rings is 3. The quantitative estimate of drug-likeness (QED) is 0.367. The molecule has 1 aromatic heterocycles. The first-order valence-electron chi connectivity index (χ1n) is 8.68. The molecule has 1 heterocycles. The van der Waals surface area contributed by atoms with Crippen molar-refractivity contribution in [1.82, 2.24) is 4.57 Å². The number of hydrogen-bond acceptors (Lipinski definition) is 4. The van der Waals surface area contributed by atoms with Crippen LogP contribution in [0, 0.1) is 0 Å². The van der Waals surface area contributed by atoms with Gasteiger partial charge in [-0.15, -0.1) is 5.10 Å². The van der Waals surface area contributed by atoms with Crippen LogP contribution in [0.5, 0.6) is 5.75 Å². The highest BCUT2D eigenvalue weighted by Crippen LogP contribution is 2.15. The maximum atomic E-state index is 5.80. The summed E-state index contributed by atoms with van der Waals surface area (Å²) < 4.78 is 9.06. The standard InChI is InChI=1S/C22H19N3OS/c1-25-20-9-5-6-10-21(20)27-22(25)24-23-15-17-11-13-19(14-12-17)26-16-18-7-3-2-4-8-18/h2-15H,16H2,1H3/b23-15+,24-22-. The van der Waals surface area contributed by atoms with Crippen LogP contribution in [0.25, 0.3) is 10.2 Å². The summed E-state index contributed by atoms with van der Waals surface area (Å²) in [5.74, 6) is 0.837. The molecule has 4 aromatic rings. The molecule has 0 spiro atoms. The van der Waals surface area contributed by atoms with Crippen molar-refractivity contribution >= 4 is 27.8 Å². The fraction of sp³-hybridized carbons (Fsp3) is 0.0909. The molecule has 0 N–H and O–H groups in total. The molecule has 27 heavy (non-hydrogen) atoms. The number of aromatic nitrogens is 1. The first-order valence-corrected chi connectivity index (χ1v) is 9.50. The summed E-state index contributed by atoms with van der Waals surface area (Å²) in [4.78, 5) is 0.871. The second-order valence-electron chi connectivity index (χ2n) is 6.10. The number of thiazole rings is 1. The molecular weight excluding hydrogens is 354 g/mol. The van der Waals surface area contributed by atoms with Crippen molar-refractivity contribution in [3.63, 3.8) is 0 Å². The highest BCUT2D eigenvalue weighted by molar-refractivity contribution is 7.16. The fourth-order valence-corrected chi connectivity index (χ4v) is 3.69. The number of nitrogens with zero attached hydrogens (tertiary/aromatic N) is 3. The Labute approximate surface area is 161 Å². The Morgan fingerprint density at radius 3 is 2.44 bits per heavy atom. The summed E-state index contributed by atoms with van der Waals surface area (Å²) in [5.41, 5.74) is 3.30. The second-order valence-corrected chi connectivity index (χ2v) is 7.11. The van der Waals surface area contributed by atoms with E-state index in [1.165, 1.54) is 4.70 Å². The van der Waals surface area contributed by atoms with Gasteiger partial charge in [-0.2, -0.15) is 5.10 Å². The van der Waals surface area contributed by atoms with Crippen molar-refractivity contribution in [2.24, 2.45) is 17.3 Å². The molecule has 4 rings (SSSR count). The predicted molar refractivity (Wildman–Crippen MR) is 111 cm³/mol. The molecule has 0 aliphatic carbocycles. The smallest absolute Gasteiger partial charge is 0.211 e. The van der Waals surface area contributed by atoms with E-state index in [-0.39, 0.29) is 0 Å². The van der Waals surface area contributed by atoms with Crippen molar-refractivity contribution in [3.05, 3.63) is 94.8 Å². The van der Waals surface area contributed by atoms with Crippen LogP contribution in [-0.2, 0) is 13.7 Å². The number of fused-ring (bicyclic) bond motifs is 1. The summed E-state index contributed by atoms with van der Waals surface area (Å²) in [6.07, 6.45) is 1.76. The van der Waals surface area contributed by atoms with Gasteiger partial charge in [0, 0.05) is 7.05 Å². The average molecular weight is 373 g/mol. The summed E-state index contributed by atoms with van der Waals surface area (Å²) in [6.45, 7) is 0.562. The van der Waals surface area contributed by atoms with E-state index in [1.807, 2.05) is 61.6 Å². The molecule has 0 fully saturated rings. The normalized spacial score (nSPS) is 12.1. The van der Waals surface area contributed by atoms with E-state index in [0.717, 1.165) is 27.2 Å². The van der Waals surface area contributed by atoms with Crippen molar-refractivity contribution in [1.29, 1.82) is 0 Å². The van der Waals surface area contributed by atoms with E-state index in [2.05, 4.69) is 39.0 Å². The lowest BCUT2D eigenvalue weighted by Gasteiger charge is -2.06. The SMILES string of the molecule is Cn1/c(=N/N=C/c2ccc(OCc3ccccc3)cc2)sc2ccccc21. The Kier molecular flexibility index (Phi) is 5.12. The van der Waals surface area contributed by atoms with Crippen molar-refractivity contribution < 1.29 is 4.74 Å². The molecule has 0 radical (unpaired) electrons. The zero-order valence-corrected chi connectivity index (χ0v) is 15.8. The van der Waals surface area contributed by atoms with Gasteiger partial charge in [0.2, 0.25) is 4.80 Å². The number of aryl methyl sites for hydroxylation is 1. The number of hydrogen-bond donors (Lipinski definition) is 0. The third-order valence-corrected chi connectivity index (χ3v) is 5.30. The van der Waals surface area contributed by atoms with Crippen molar-refractivity contribution in [3.8, 4) is 5.75 Å². The van der Waals surface area contributed by atoms with Gasteiger partial charge in [0.1, 0.15) is 12.4 Å². The molecule has 0 aliphatic rings. The van der Waals surface area contributed by atoms with E-state index in [1.54, 1.807) is 17.6 Å². The zero-order chi connectivity index (χ0) is 18.5. The first kappa shape index (κ1) is 17.2. The van der Waals surface area contributed by atoms with Crippen LogP contribution in [0.3, 0.4) is 0 Å². The highest BCUT2D eigenvalue weighted by atomic mass is 32.1. The maximum Gasteiger partial charge on any atom is 0.211 e. The molecule has 0 aliphatic heterocycles. The van der Waals surface area contributed by atoms with Crippen LogP contribution in [0.2, 0.25) is 0 Å². The topological polar surface area (TPSA) is 38.9 Å². The zero-order valence-electron chi connectivity index (χ0n) is 14.9. The second kappa shape index (κ2) is 8.01. The third kappa shape index (κ3) is 4.15. The Morgan fingerprint density at radius 1 is 0.926 bits per heavy atom. The van der Waals surface area contributed by atoms with Crippen LogP contribution in [0.1, 0.15) is 11.1 Å². The van der Waals surface area contributed by atoms with Gasteiger partial charge < -0.3 is 9.30 Å². The summed E-state index contributed by atoms with van der Waals surface area (Å²) >= 11 is 1.63. The van der Waals surface area contributed by atoms with Gasteiger partial charge in [0.25, 0.3) is 0 Å². The Morgan fingerprint density at radius 2 is 1.67 bits per heavy atom. The largest absolute Gasteiger partial charge is 0.489 e. The minimum atomic E-state index is 0.562. The molecule has 5 heteroatoms.